The van der Waals surface area contributed by atoms with Crippen molar-refractivity contribution in [3.05, 3.63) is 35.4 Å². The highest BCUT2D eigenvalue weighted by Gasteiger charge is 2.43. The van der Waals surface area contributed by atoms with Crippen LogP contribution >= 0.6 is 0 Å². The van der Waals surface area contributed by atoms with Crippen molar-refractivity contribution in [2.75, 3.05) is 7.05 Å². The molecular weight excluding hydrogens is 256 g/mol. The Balaban J connectivity index is 2.57. The fourth-order valence-corrected chi connectivity index (χ4v) is 2.36. The summed E-state index contributed by atoms with van der Waals surface area (Å²) in [5, 5.41) is 0. The normalized spacial score (nSPS) is 26.4. The van der Waals surface area contributed by atoms with Gasteiger partial charge in [0.2, 0.25) is 11.8 Å². The number of hydrogen-bond acceptors (Lipinski definition) is 4. The number of carbonyl (C=O) groups excluding carboxylic acids is 2. The van der Waals surface area contributed by atoms with E-state index in [1.807, 2.05) is 13.0 Å². The van der Waals surface area contributed by atoms with Crippen LogP contribution in [0.3, 0.4) is 0 Å². The Hall–Kier alpha value is -2.37. The van der Waals surface area contributed by atoms with Crippen molar-refractivity contribution in [2.24, 2.45) is 22.4 Å². The summed E-state index contributed by atoms with van der Waals surface area (Å²) < 4.78 is 0. The molecule has 2 atom stereocenters. The number of nitrogens with zero attached hydrogens (tertiary/aromatic N) is 2. The summed E-state index contributed by atoms with van der Waals surface area (Å²) in [6, 6.07) is 6.83. The van der Waals surface area contributed by atoms with Gasteiger partial charge in [0.25, 0.3) is 0 Å². The number of nitrogens with two attached hydrogens (primary N) is 2. The molecule has 0 radical (unpaired) electrons. The summed E-state index contributed by atoms with van der Waals surface area (Å²) in [4.78, 5) is 29.3. The number of aliphatic imine (C=N–C) groups is 1. The van der Waals surface area contributed by atoms with Crippen LogP contribution in [0.2, 0.25) is 0 Å². The average molecular weight is 274 g/mol. The Morgan fingerprint density at radius 2 is 2.10 bits per heavy atom. The second-order valence-electron chi connectivity index (χ2n) is 5.18. The lowest BCUT2D eigenvalue weighted by atomic mass is 9.79. The van der Waals surface area contributed by atoms with Gasteiger partial charge in [0, 0.05) is 12.6 Å². The number of benzene rings is 1. The molecule has 2 rings (SSSR count). The van der Waals surface area contributed by atoms with E-state index in [-0.39, 0.29) is 17.8 Å². The van der Waals surface area contributed by atoms with Crippen molar-refractivity contribution in [2.45, 2.75) is 19.4 Å². The minimum absolute atomic E-state index is 0.107. The Kier molecular flexibility index (Phi) is 3.25. The summed E-state index contributed by atoms with van der Waals surface area (Å²) in [5.41, 5.74) is 11.4. The molecule has 4 N–H and O–H groups in total. The van der Waals surface area contributed by atoms with E-state index in [4.69, 9.17) is 11.5 Å². The van der Waals surface area contributed by atoms with Gasteiger partial charge in [-0.25, -0.2) is 4.99 Å². The van der Waals surface area contributed by atoms with Crippen LogP contribution in [-0.4, -0.2) is 29.7 Å². The van der Waals surface area contributed by atoms with Gasteiger partial charge in [-0.2, -0.15) is 0 Å². The van der Waals surface area contributed by atoms with Crippen LogP contribution in [0.15, 0.2) is 29.3 Å². The zero-order valence-corrected chi connectivity index (χ0v) is 11.8. The second-order valence-corrected chi connectivity index (χ2v) is 5.18. The number of rotatable bonds is 2. The SMILES string of the molecule is C[C@H]1C(=O)N(C)C(N)=N[C@]1(C)c1cccc(C(N)=O)c1. The van der Waals surface area contributed by atoms with Crippen molar-refractivity contribution in [1.29, 1.82) is 0 Å². The van der Waals surface area contributed by atoms with Gasteiger partial charge in [-0.1, -0.05) is 19.1 Å². The predicted molar refractivity (Wildman–Crippen MR) is 75.9 cm³/mol. The van der Waals surface area contributed by atoms with Crippen LogP contribution in [0.1, 0.15) is 29.8 Å². The molecule has 0 aliphatic carbocycles. The van der Waals surface area contributed by atoms with Crippen LogP contribution in [-0.2, 0) is 10.3 Å². The maximum Gasteiger partial charge on any atom is 0.248 e. The third kappa shape index (κ3) is 2.03. The Morgan fingerprint density at radius 1 is 1.45 bits per heavy atom. The van der Waals surface area contributed by atoms with Crippen molar-refractivity contribution >= 4 is 17.8 Å². The lowest BCUT2D eigenvalue weighted by Crippen LogP contribution is -2.52. The van der Waals surface area contributed by atoms with Gasteiger partial charge >= 0.3 is 0 Å². The first-order valence-electron chi connectivity index (χ1n) is 6.30. The van der Waals surface area contributed by atoms with Crippen LogP contribution < -0.4 is 11.5 Å². The van der Waals surface area contributed by atoms with Crippen LogP contribution in [0, 0.1) is 5.92 Å². The summed E-state index contributed by atoms with van der Waals surface area (Å²) in [7, 11) is 1.59. The first kappa shape index (κ1) is 14.0. The van der Waals surface area contributed by atoms with Crippen molar-refractivity contribution in [1.82, 2.24) is 4.90 Å². The van der Waals surface area contributed by atoms with E-state index in [0.717, 1.165) is 5.56 Å². The summed E-state index contributed by atoms with van der Waals surface area (Å²) in [6.45, 7) is 3.63. The molecule has 6 nitrogen and oxygen atoms in total. The maximum absolute atomic E-state index is 12.2. The lowest BCUT2D eigenvalue weighted by molar-refractivity contribution is -0.133. The Morgan fingerprint density at radius 3 is 2.70 bits per heavy atom. The molecule has 0 saturated carbocycles. The van der Waals surface area contributed by atoms with Gasteiger partial charge < -0.3 is 11.5 Å². The molecule has 1 aromatic carbocycles. The largest absolute Gasteiger partial charge is 0.369 e. The summed E-state index contributed by atoms with van der Waals surface area (Å²) in [5.74, 6) is -0.841. The Bertz CT molecular complexity index is 611. The summed E-state index contributed by atoms with van der Waals surface area (Å²) in [6.07, 6.45) is 0. The molecule has 1 aromatic rings. The molecule has 0 saturated heterocycles. The fraction of sp³-hybridized carbons (Fsp3) is 0.357. The third-order valence-electron chi connectivity index (χ3n) is 3.97. The van der Waals surface area contributed by atoms with E-state index >= 15 is 0 Å². The van der Waals surface area contributed by atoms with Gasteiger partial charge in [0.15, 0.2) is 5.96 Å². The van der Waals surface area contributed by atoms with E-state index in [1.165, 1.54) is 4.90 Å². The van der Waals surface area contributed by atoms with Gasteiger partial charge in [-0.3, -0.25) is 14.5 Å². The zero-order valence-electron chi connectivity index (χ0n) is 11.8. The third-order valence-corrected chi connectivity index (χ3v) is 3.97. The number of hydrogen-bond donors (Lipinski definition) is 2. The quantitative estimate of drug-likeness (QED) is 0.817. The standard InChI is InChI=1S/C14H18N4O2/c1-8-12(20)18(3)13(16)17-14(8,2)10-6-4-5-9(7-10)11(15)19/h4-8H,1-3H3,(H2,15,19)(H2,16,17)/t8-,14-/m0/s1. The minimum atomic E-state index is -0.806. The monoisotopic (exact) mass is 274 g/mol. The van der Waals surface area contributed by atoms with E-state index in [1.54, 1.807) is 32.2 Å². The molecule has 106 valence electrons. The van der Waals surface area contributed by atoms with Gasteiger partial charge in [0.05, 0.1) is 11.5 Å². The molecular formula is C14H18N4O2. The number of amides is 2. The van der Waals surface area contributed by atoms with E-state index < -0.39 is 11.4 Å². The zero-order chi connectivity index (χ0) is 15.1. The maximum atomic E-state index is 12.2. The van der Waals surface area contributed by atoms with E-state index in [9.17, 15) is 9.59 Å². The second kappa shape index (κ2) is 4.63. The van der Waals surface area contributed by atoms with Gasteiger partial charge in [-0.05, 0) is 24.6 Å². The molecule has 1 heterocycles. The van der Waals surface area contributed by atoms with Crippen LogP contribution in [0.5, 0.6) is 0 Å². The minimum Gasteiger partial charge on any atom is -0.369 e. The molecule has 6 heteroatoms. The number of primary amides is 1. The lowest BCUT2D eigenvalue weighted by Gasteiger charge is -2.39. The van der Waals surface area contributed by atoms with Gasteiger partial charge in [0.1, 0.15) is 0 Å². The van der Waals surface area contributed by atoms with Crippen molar-refractivity contribution in [3.63, 3.8) is 0 Å². The number of carbonyl (C=O) groups is 2. The highest BCUT2D eigenvalue weighted by molar-refractivity contribution is 6.00. The molecule has 0 aromatic heterocycles. The highest BCUT2D eigenvalue weighted by Crippen LogP contribution is 2.37. The molecule has 0 spiro atoms. The van der Waals surface area contributed by atoms with Crippen LogP contribution in [0.25, 0.3) is 0 Å². The molecule has 2 amide bonds. The molecule has 1 aliphatic rings. The molecule has 0 unspecified atom stereocenters. The first-order chi connectivity index (χ1) is 9.27. The molecule has 0 bridgehead atoms. The average Bonchev–Trinajstić information content (AvgIpc) is 2.43. The molecule has 0 fully saturated rings. The van der Waals surface area contributed by atoms with Crippen molar-refractivity contribution in [3.8, 4) is 0 Å². The first-order valence-corrected chi connectivity index (χ1v) is 6.30. The molecule has 20 heavy (non-hydrogen) atoms. The smallest absolute Gasteiger partial charge is 0.248 e. The predicted octanol–water partition coefficient (Wildman–Crippen LogP) is 0.423. The number of guanidine groups is 1. The van der Waals surface area contributed by atoms with E-state index in [2.05, 4.69) is 4.99 Å². The van der Waals surface area contributed by atoms with Gasteiger partial charge in [-0.15, -0.1) is 0 Å². The molecule has 1 aliphatic heterocycles. The van der Waals surface area contributed by atoms with E-state index in [0.29, 0.717) is 5.56 Å². The van der Waals surface area contributed by atoms with Crippen molar-refractivity contribution < 1.29 is 9.59 Å². The van der Waals surface area contributed by atoms with Crippen LogP contribution in [0.4, 0.5) is 0 Å². The fourth-order valence-electron chi connectivity index (χ4n) is 2.36. The topological polar surface area (TPSA) is 102 Å². The Labute approximate surface area is 117 Å². The highest BCUT2D eigenvalue weighted by atomic mass is 16.2. The summed E-state index contributed by atoms with van der Waals surface area (Å²) >= 11 is 0.